The minimum atomic E-state index is -1.52. The van der Waals surface area contributed by atoms with Gasteiger partial charge in [0.2, 0.25) is 5.69 Å². The predicted octanol–water partition coefficient (Wildman–Crippen LogP) is 1.40. The summed E-state index contributed by atoms with van der Waals surface area (Å²) < 4.78 is 4.64. The van der Waals surface area contributed by atoms with Crippen molar-refractivity contribution in [3.8, 4) is 0 Å². The molecule has 1 fully saturated rings. The molecule has 0 amide bonds. The second kappa shape index (κ2) is 3.74. The molecule has 0 aromatic carbocycles. The highest BCUT2D eigenvalue weighted by molar-refractivity contribution is 5.64. The van der Waals surface area contributed by atoms with Gasteiger partial charge in [0.05, 0.1) is 22.8 Å². The summed E-state index contributed by atoms with van der Waals surface area (Å²) in [5.74, 6) is -1.00. The Hall–Kier alpha value is -2.58. The van der Waals surface area contributed by atoms with Crippen LogP contribution in [0, 0.1) is 32.1 Å². The highest BCUT2D eigenvalue weighted by atomic mass is 16.6. The van der Waals surface area contributed by atoms with E-state index in [1.54, 1.807) is 6.08 Å². The molecule has 21 heavy (non-hydrogen) atoms. The van der Waals surface area contributed by atoms with Crippen LogP contribution in [0.25, 0.3) is 5.70 Å². The summed E-state index contributed by atoms with van der Waals surface area (Å²) in [5.41, 5.74) is -1.66. The Kier molecular flexibility index (Phi) is 2.17. The third-order valence-electron chi connectivity index (χ3n) is 4.85. The summed E-state index contributed by atoms with van der Waals surface area (Å²) in [6, 6.07) is 0. The Morgan fingerprint density at radius 3 is 2.67 bits per heavy atom. The molecule has 2 bridgehead atoms. The van der Waals surface area contributed by atoms with E-state index in [0.717, 1.165) is 12.5 Å². The largest absolute Gasteiger partial charge is 0.303 e. The lowest BCUT2D eigenvalue weighted by molar-refractivity contribution is -0.575. The number of hydrogen-bond donors (Lipinski definition) is 0. The van der Waals surface area contributed by atoms with Gasteiger partial charge in [0.15, 0.2) is 0 Å². The van der Waals surface area contributed by atoms with Crippen molar-refractivity contribution in [3.63, 3.8) is 0 Å². The van der Waals surface area contributed by atoms with E-state index in [1.807, 2.05) is 6.08 Å². The summed E-state index contributed by atoms with van der Waals surface area (Å²) in [5, 5.41) is 30.4. The SMILES string of the molecule is O=[N+]([O-])C1=C[C@@]2([N+](=O)[O-])[C@@H]3C=C[C@@H](CC3)[C@H]2c2nonc21. The van der Waals surface area contributed by atoms with Crippen molar-refractivity contribution in [1.82, 2.24) is 10.3 Å². The molecule has 9 nitrogen and oxygen atoms in total. The normalized spacial score (nSPS) is 35.8. The minimum absolute atomic E-state index is 0.0171. The van der Waals surface area contributed by atoms with Gasteiger partial charge in [-0.2, -0.15) is 0 Å². The fraction of sp³-hybridized carbons (Fsp3) is 0.500. The third-order valence-corrected chi connectivity index (χ3v) is 4.85. The van der Waals surface area contributed by atoms with Gasteiger partial charge in [0, 0.05) is 4.92 Å². The monoisotopic (exact) mass is 290 g/mol. The van der Waals surface area contributed by atoms with E-state index < -0.39 is 21.3 Å². The number of fused-ring (bicyclic) bond motifs is 2. The van der Waals surface area contributed by atoms with Crippen molar-refractivity contribution in [2.75, 3.05) is 0 Å². The zero-order valence-corrected chi connectivity index (χ0v) is 10.7. The van der Waals surface area contributed by atoms with Crippen LogP contribution in [0.15, 0.2) is 22.9 Å². The van der Waals surface area contributed by atoms with Gasteiger partial charge >= 0.3 is 5.70 Å². The van der Waals surface area contributed by atoms with Crippen LogP contribution in [-0.2, 0) is 0 Å². The van der Waals surface area contributed by atoms with Crippen molar-refractivity contribution >= 4 is 5.70 Å². The molecule has 108 valence electrons. The highest BCUT2D eigenvalue weighted by Gasteiger charge is 2.66. The Morgan fingerprint density at radius 1 is 1.24 bits per heavy atom. The first-order valence-electron chi connectivity index (χ1n) is 6.58. The predicted molar refractivity (Wildman–Crippen MR) is 67.1 cm³/mol. The van der Waals surface area contributed by atoms with Crippen molar-refractivity contribution in [2.24, 2.45) is 11.8 Å². The smallest absolute Gasteiger partial charge is 0.264 e. The number of rotatable bonds is 2. The summed E-state index contributed by atoms with van der Waals surface area (Å²) in [4.78, 5) is 22.0. The van der Waals surface area contributed by atoms with E-state index in [9.17, 15) is 20.2 Å². The van der Waals surface area contributed by atoms with E-state index in [4.69, 9.17) is 0 Å². The quantitative estimate of drug-likeness (QED) is 0.457. The summed E-state index contributed by atoms with van der Waals surface area (Å²) in [6.07, 6.45) is 6.35. The molecule has 0 radical (unpaired) electrons. The Morgan fingerprint density at radius 2 is 2.05 bits per heavy atom. The van der Waals surface area contributed by atoms with E-state index in [1.165, 1.54) is 0 Å². The van der Waals surface area contributed by atoms with Crippen molar-refractivity contribution in [2.45, 2.75) is 24.3 Å². The average molecular weight is 290 g/mol. The third kappa shape index (κ3) is 1.30. The lowest BCUT2D eigenvalue weighted by atomic mass is 9.55. The molecule has 0 aliphatic heterocycles. The number of nitro groups is 2. The molecule has 5 rings (SSSR count). The van der Waals surface area contributed by atoms with Gasteiger partial charge < -0.3 is 0 Å². The molecule has 4 aliphatic carbocycles. The molecule has 9 heteroatoms. The van der Waals surface area contributed by atoms with Crippen molar-refractivity contribution in [3.05, 3.63) is 49.8 Å². The number of hydrogen-bond acceptors (Lipinski definition) is 7. The van der Waals surface area contributed by atoms with Crippen LogP contribution in [0.1, 0.15) is 30.1 Å². The fourth-order valence-electron chi connectivity index (χ4n) is 4.00. The van der Waals surface area contributed by atoms with E-state index >= 15 is 0 Å². The average Bonchev–Trinajstić information content (AvgIpc) is 2.96. The zero-order chi connectivity index (χ0) is 14.8. The van der Waals surface area contributed by atoms with Crippen LogP contribution in [0.3, 0.4) is 0 Å². The molecular formula is C12H10N4O5. The molecule has 0 unspecified atom stereocenters. The molecule has 1 aromatic rings. The summed E-state index contributed by atoms with van der Waals surface area (Å²) in [7, 11) is 0. The van der Waals surface area contributed by atoms with Crippen LogP contribution in [0.2, 0.25) is 0 Å². The van der Waals surface area contributed by atoms with Crippen molar-refractivity contribution in [1.29, 1.82) is 0 Å². The Bertz CT molecular complexity index is 723. The first kappa shape index (κ1) is 12.2. The number of allylic oxidation sites excluding steroid dienone is 1. The molecule has 4 atom stereocenters. The van der Waals surface area contributed by atoms with Gasteiger partial charge in [0.25, 0.3) is 5.54 Å². The first-order valence-corrected chi connectivity index (χ1v) is 6.58. The van der Waals surface area contributed by atoms with E-state index in [0.29, 0.717) is 6.42 Å². The van der Waals surface area contributed by atoms with Gasteiger partial charge in [0.1, 0.15) is 5.69 Å². The number of nitrogens with zero attached hydrogens (tertiary/aromatic N) is 4. The Balaban J connectivity index is 2.04. The maximum atomic E-state index is 11.8. The number of aromatic nitrogens is 2. The molecule has 1 saturated carbocycles. The maximum absolute atomic E-state index is 11.8. The van der Waals surface area contributed by atoms with Gasteiger partial charge in [-0.05, 0) is 23.9 Å². The Labute approximate surface area is 117 Å². The second-order valence-corrected chi connectivity index (χ2v) is 5.64. The molecule has 4 aliphatic rings. The molecule has 0 N–H and O–H groups in total. The fourth-order valence-corrected chi connectivity index (χ4v) is 4.00. The molecule has 0 spiro atoms. The maximum Gasteiger partial charge on any atom is 0.303 e. The topological polar surface area (TPSA) is 125 Å². The summed E-state index contributed by atoms with van der Waals surface area (Å²) >= 11 is 0. The van der Waals surface area contributed by atoms with Gasteiger partial charge in [-0.15, -0.1) is 0 Å². The van der Waals surface area contributed by atoms with E-state index in [-0.39, 0.29) is 28.9 Å². The van der Waals surface area contributed by atoms with Crippen LogP contribution >= 0.6 is 0 Å². The lowest BCUT2D eigenvalue weighted by Crippen LogP contribution is -2.57. The minimum Gasteiger partial charge on any atom is -0.264 e. The zero-order valence-electron chi connectivity index (χ0n) is 10.7. The second-order valence-electron chi connectivity index (χ2n) is 5.64. The van der Waals surface area contributed by atoms with Gasteiger partial charge in [-0.1, -0.05) is 17.3 Å². The van der Waals surface area contributed by atoms with Crippen molar-refractivity contribution < 1.29 is 14.5 Å². The molecule has 1 heterocycles. The lowest BCUT2D eigenvalue weighted by Gasteiger charge is -2.46. The van der Waals surface area contributed by atoms with Crippen LogP contribution in [-0.4, -0.2) is 25.7 Å². The summed E-state index contributed by atoms with van der Waals surface area (Å²) in [6.45, 7) is 0. The molecular weight excluding hydrogens is 280 g/mol. The first-order chi connectivity index (χ1) is 10.1. The molecule has 1 aromatic heterocycles. The van der Waals surface area contributed by atoms with Crippen LogP contribution in [0.4, 0.5) is 0 Å². The molecule has 0 saturated heterocycles. The van der Waals surface area contributed by atoms with Gasteiger partial charge in [-0.3, -0.25) is 20.2 Å². The highest BCUT2D eigenvalue weighted by Crippen LogP contribution is 2.57. The van der Waals surface area contributed by atoms with Crippen LogP contribution < -0.4 is 0 Å². The standard InChI is InChI=1S/C12H10N4O5/c17-15(18)8-5-12(16(19)20)7-3-1-6(2-4-7)9(12)11-10(8)13-21-14-11/h1,3,5-7,9H,2,4H2/t6-,7+,9-,12+/m0/s1. The van der Waals surface area contributed by atoms with Crippen LogP contribution in [0.5, 0.6) is 0 Å². The van der Waals surface area contributed by atoms with Gasteiger partial charge in [-0.25, -0.2) is 4.63 Å². The van der Waals surface area contributed by atoms with E-state index in [2.05, 4.69) is 14.9 Å².